The zero-order valence-electron chi connectivity index (χ0n) is 12.4. The summed E-state index contributed by atoms with van der Waals surface area (Å²) in [4.78, 5) is 14.1. The molecule has 6 heteroatoms. The fraction of sp³-hybridized carbons (Fsp3) is 0.562. The predicted octanol–water partition coefficient (Wildman–Crippen LogP) is 2.53. The van der Waals surface area contributed by atoms with E-state index in [-0.39, 0.29) is 35.7 Å². The minimum Gasteiger partial charge on any atom is -0.342 e. The Kier molecular flexibility index (Phi) is 5.40. The number of carbonyl (C=O) groups excluding carboxylic acids is 1. The lowest BCUT2D eigenvalue weighted by Gasteiger charge is -2.33. The van der Waals surface area contributed by atoms with E-state index in [9.17, 15) is 13.6 Å². The Bertz CT molecular complexity index is 547. The molecule has 1 N–H and O–H groups in total. The van der Waals surface area contributed by atoms with Gasteiger partial charge in [0, 0.05) is 18.7 Å². The Labute approximate surface area is 135 Å². The molecule has 0 bridgehead atoms. The molecule has 0 aliphatic carbocycles. The molecule has 0 aromatic heterocycles. The highest BCUT2D eigenvalue weighted by atomic mass is 35.5. The molecule has 1 aromatic rings. The number of nitrogens with one attached hydrogen (secondary N) is 1. The van der Waals surface area contributed by atoms with E-state index in [1.165, 1.54) is 12.1 Å². The van der Waals surface area contributed by atoms with Crippen molar-refractivity contribution in [1.29, 1.82) is 0 Å². The van der Waals surface area contributed by atoms with Crippen LogP contribution in [-0.4, -0.2) is 37.0 Å². The number of hydrogen-bond donors (Lipinski definition) is 1. The highest BCUT2D eigenvalue weighted by Gasteiger charge is 2.40. The monoisotopic (exact) mass is 330 g/mol. The minimum atomic E-state index is -0.901. The van der Waals surface area contributed by atoms with Gasteiger partial charge in [0.25, 0.3) is 0 Å². The van der Waals surface area contributed by atoms with Crippen molar-refractivity contribution in [3.05, 3.63) is 35.4 Å². The smallest absolute Gasteiger partial charge is 0.227 e. The summed E-state index contributed by atoms with van der Waals surface area (Å²) in [5, 5.41) is 3.34. The van der Waals surface area contributed by atoms with E-state index in [4.69, 9.17) is 0 Å². The third kappa shape index (κ3) is 3.41. The van der Waals surface area contributed by atoms with Crippen molar-refractivity contribution >= 4 is 18.3 Å². The number of nitrogens with zero attached hydrogens (tertiary/aromatic N) is 1. The van der Waals surface area contributed by atoms with Crippen molar-refractivity contribution in [2.75, 3.05) is 26.2 Å². The number of likely N-dealkylation sites (tertiary alicyclic amines) is 1. The van der Waals surface area contributed by atoms with Crippen molar-refractivity contribution in [1.82, 2.24) is 10.2 Å². The first-order valence-electron chi connectivity index (χ1n) is 7.51. The molecule has 0 radical (unpaired) electrons. The van der Waals surface area contributed by atoms with Gasteiger partial charge in [-0.25, -0.2) is 8.78 Å². The van der Waals surface area contributed by atoms with E-state index in [2.05, 4.69) is 5.32 Å². The van der Waals surface area contributed by atoms with Crippen molar-refractivity contribution in [2.24, 2.45) is 5.41 Å². The number of halogens is 3. The molecule has 2 aliphatic heterocycles. The van der Waals surface area contributed by atoms with Gasteiger partial charge in [0.15, 0.2) is 11.6 Å². The van der Waals surface area contributed by atoms with Crippen molar-refractivity contribution in [2.45, 2.75) is 25.7 Å². The molecule has 2 fully saturated rings. The van der Waals surface area contributed by atoms with Crippen LogP contribution in [0.15, 0.2) is 18.2 Å². The first-order chi connectivity index (χ1) is 10.1. The van der Waals surface area contributed by atoms with Crippen molar-refractivity contribution in [3.63, 3.8) is 0 Å². The van der Waals surface area contributed by atoms with E-state index in [0.717, 1.165) is 51.5 Å². The van der Waals surface area contributed by atoms with Crippen molar-refractivity contribution in [3.8, 4) is 0 Å². The van der Waals surface area contributed by atoms with Crippen LogP contribution in [0.5, 0.6) is 0 Å². The van der Waals surface area contributed by atoms with Crippen LogP contribution in [0.4, 0.5) is 8.78 Å². The maximum absolute atomic E-state index is 13.6. The summed E-state index contributed by atoms with van der Waals surface area (Å²) in [6, 6.07) is 4.00. The second-order valence-corrected chi connectivity index (χ2v) is 6.21. The van der Waals surface area contributed by atoms with Crippen LogP contribution in [0.25, 0.3) is 0 Å². The minimum absolute atomic E-state index is 0. The van der Waals surface area contributed by atoms with Gasteiger partial charge in [0.2, 0.25) is 5.91 Å². The molecule has 2 saturated heterocycles. The molecule has 0 saturated carbocycles. The quantitative estimate of drug-likeness (QED) is 0.903. The van der Waals surface area contributed by atoms with Gasteiger partial charge in [-0.15, -0.1) is 12.4 Å². The zero-order chi connectivity index (χ0) is 14.9. The Morgan fingerprint density at radius 2 is 1.95 bits per heavy atom. The maximum atomic E-state index is 13.6. The molecule has 0 atom stereocenters. The number of hydrogen-bond acceptors (Lipinski definition) is 2. The molecular weight excluding hydrogens is 310 g/mol. The fourth-order valence-electron chi connectivity index (χ4n) is 3.47. The van der Waals surface area contributed by atoms with Gasteiger partial charge >= 0.3 is 0 Å². The molecule has 3 rings (SSSR count). The van der Waals surface area contributed by atoms with E-state index in [1.54, 1.807) is 0 Å². The Balaban J connectivity index is 0.00000176. The molecule has 22 heavy (non-hydrogen) atoms. The Morgan fingerprint density at radius 3 is 2.68 bits per heavy atom. The molecule has 1 aromatic carbocycles. The lowest BCUT2D eigenvalue weighted by atomic mass is 9.78. The van der Waals surface area contributed by atoms with Gasteiger partial charge in [-0.2, -0.15) is 0 Å². The average molecular weight is 331 g/mol. The summed E-state index contributed by atoms with van der Waals surface area (Å²) in [6.45, 7) is 3.49. The van der Waals surface area contributed by atoms with Crippen LogP contribution in [0.3, 0.4) is 0 Å². The highest BCUT2D eigenvalue weighted by molar-refractivity contribution is 5.85. The molecule has 1 spiro atoms. The summed E-state index contributed by atoms with van der Waals surface area (Å²) in [7, 11) is 0. The van der Waals surface area contributed by atoms with Crippen LogP contribution >= 0.6 is 12.4 Å². The van der Waals surface area contributed by atoms with Gasteiger partial charge in [-0.1, -0.05) is 12.1 Å². The number of benzene rings is 1. The van der Waals surface area contributed by atoms with E-state index in [1.807, 2.05) is 4.90 Å². The molecular formula is C16H21ClF2N2O. The van der Waals surface area contributed by atoms with Crippen molar-refractivity contribution < 1.29 is 13.6 Å². The maximum Gasteiger partial charge on any atom is 0.227 e. The molecule has 2 aliphatic rings. The lowest BCUT2D eigenvalue weighted by molar-refractivity contribution is -0.130. The predicted molar refractivity (Wildman–Crippen MR) is 83.0 cm³/mol. The van der Waals surface area contributed by atoms with Crippen LogP contribution in [0.2, 0.25) is 0 Å². The highest BCUT2D eigenvalue weighted by Crippen LogP contribution is 2.38. The summed E-state index contributed by atoms with van der Waals surface area (Å²) < 4.78 is 26.8. The largest absolute Gasteiger partial charge is 0.342 e. The van der Waals surface area contributed by atoms with Crippen LogP contribution in [0, 0.1) is 17.0 Å². The number of rotatable bonds is 2. The Hall–Kier alpha value is -1.20. The Morgan fingerprint density at radius 1 is 1.23 bits per heavy atom. The summed E-state index contributed by atoms with van der Waals surface area (Å²) in [5.74, 6) is -1.90. The lowest BCUT2D eigenvalue weighted by Crippen LogP contribution is -2.40. The van der Waals surface area contributed by atoms with E-state index >= 15 is 0 Å². The topological polar surface area (TPSA) is 32.3 Å². The summed E-state index contributed by atoms with van der Waals surface area (Å²) in [5.41, 5.74) is 0.382. The third-order valence-corrected chi connectivity index (χ3v) is 4.83. The van der Waals surface area contributed by atoms with Crippen LogP contribution in [0.1, 0.15) is 24.8 Å². The van der Waals surface area contributed by atoms with Gasteiger partial charge < -0.3 is 10.2 Å². The molecule has 0 unspecified atom stereocenters. The number of piperidine rings is 1. The van der Waals surface area contributed by atoms with Crippen LogP contribution in [-0.2, 0) is 11.2 Å². The normalized spacial score (nSPS) is 20.0. The standard InChI is InChI=1S/C16H20F2N2O.ClH/c17-13-3-1-2-12(15(13)18)10-14(21)20-9-6-16(11-20)4-7-19-8-5-16;/h1-3,19H,4-11H2;1H. The van der Waals surface area contributed by atoms with E-state index in [0.29, 0.717) is 0 Å². The fourth-order valence-corrected chi connectivity index (χ4v) is 3.47. The van der Waals surface area contributed by atoms with Gasteiger partial charge in [0.1, 0.15) is 0 Å². The van der Waals surface area contributed by atoms with Gasteiger partial charge in [-0.3, -0.25) is 4.79 Å². The summed E-state index contributed by atoms with van der Waals surface area (Å²) >= 11 is 0. The second kappa shape index (κ2) is 6.92. The molecule has 3 nitrogen and oxygen atoms in total. The molecule has 122 valence electrons. The third-order valence-electron chi connectivity index (χ3n) is 4.83. The van der Waals surface area contributed by atoms with Crippen LogP contribution < -0.4 is 5.32 Å². The van der Waals surface area contributed by atoms with E-state index < -0.39 is 11.6 Å². The first-order valence-corrected chi connectivity index (χ1v) is 7.51. The average Bonchev–Trinajstić information content (AvgIpc) is 2.88. The zero-order valence-corrected chi connectivity index (χ0v) is 13.2. The summed E-state index contributed by atoms with van der Waals surface area (Å²) in [6.07, 6.45) is 3.14. The number of carbonyl (C=O) groups is 1. The molecule has 2 heterocycles. The van der Waals surface area contributed by atoms with Gasteiger partial charge in [-0.05, 0) is 43.8 Å². The number of amides is 1. The first kappa shape index (κ1) is 17.2. The SMILES string of the molecule is Cl.O=C(Cc1cccc(F)c1F)N1CCC2(CCNCC2)C1. The molecule has 1 amide bonds. The second-order valence-electron chi connectivity index (χ2n) is 6.21. The van der Waals surface area contributed by atoms with Gasteiger partial charge in [0.05, 0.1) is 6.42 Å².